The van der Waals surface area contributed by atoms with E-state index in [1.54, 1.807) is 48.5 Å². The summed E-state index contributed by atoms with van der Waals surface area (Å²) in [5.74, 6) is -0.589. The number of benzene rings is 2. The molecule has 196 valence electrons. The number of aromatic carboxylic acids is 1. The third-order valence-electron chi connectivity index (χ3n) is 5.36. The fraction of sp³-hybridized carbons (Fsp3) is 0.160. The minimum atomic E-state index is -2.91. The molecule has 0 atom stereocenters. The van der Waals surface area contributed by atoms with E-state index in [-0.39, 0.29) is 23.5 Å². The van der Waals surface area contributed by atoms with Gasteiger partial charge in [-0.2, -0.15) is 0 Å². The van der Waals surface area contributed by atoms with Crippen molar-refractivity contribution in [3.05, 3.63) is 110 Å². The predicted molar refractivity (Wildman–Crippen MR) is 133 cm³/mol. The van der Waals surface area contributed by atoms with E-state index in [1.165, 1.54) is 25.5 Å². The Hall–Kier alpha value is -4.58. The van der Waals surface area contributed by atoms with Crippen LogP contribution in [0.25, 0.3) is 0 Å². The normalized spacial score (nSPS) is 11.7. The highest BCUT2D eigenvalue weighted by Gasteiger charge is 2.16. The summed E-state index contributed by atoms with van der Waals surface area (Å²) in [6.45, 7) is -1.11. The van der Waals surface area contributed by atoms with Gasteiger partial charge in [-0.3, -0.25) is 14.1 Å². The van der Waals surface area contributed by atoms with Crippen LogP contribution in [0.4, 0.5) is 14.5 Å². The lowest BCUT2D eigenvalue weighted by atomic mass is 10.2. The maximum Gasteiger partial charge on any atom is 0.337 e. The van der Waals surface area contributed by atoms with Crippen LogP contribution in [-0.2, 0) is 20.1 Å². The largest absolute Gasteiger partial charge is 0.478 e. The average Bonchev–Trinajstić information content (AvgIpc) is 2.89. The number of ether oxygens (including phenoxy) is 1. The molecule has 2 aromatic carbocycles. The first-order chi connectivity index (χ1) is 18.1. The zero-order valence-electron chi connectivity index (χ0n) is 19.8. The lowest BCUT2D eigenvalue weighted by Crippen LogP contribution is -2.54. The van der Waals surface area contributed by atoms with E-state index >= 15 is 0 Å². The molecule has 38 heavy (non-hydrogen) atoms. The van der Waals surface area contributed by atoms with E-state index in [0.29, 0.717) is 26.6 Å². The highest BCUT2D eigenvalue weighted by atomic mass is 35.5. The van der Waals surface area contributed by atoms with Gasteiger partial charge in [-0.25, -0.2) is 32.7 Å². The van der Waals surface area contributed by atoms with Crippen LogP contribution in [0.15, 0.2) is 81.6 Å². The SMILES string of the molecule is Cn1c(=O)n(CC(F)F)c(=O)n(Cc2ccc(Cl)cc2)/c1=N/c1ccc(Oc2cncc(C(=O)O)c2)cc1. The highest BCUT2D eigenvalue weighted by Crippen LogP contribution is 2.24. The van der Waals surface area contributed by atoms with Crippen LogP contribution >= 0.6 is 11.6 Å². The summed E-state index contributed by atoms with van der Waals surface area (Å²) in [6, 6.07) is 14.1. The maximum atomic E-state index is 13.1. The Morgan fingerprint density at radius 3 is 2.34 bits per heavy atom. The maximum absolute atomic E-state index is 13.1. The Kier molecular flexibility index (Phi) is 7.82. The Bertz CT molecular complexity index is 1660. The van der Waals surface area contributed by atoms with Crippen LogP contribution in [0.3, 0.4) is 0 Å². The second kappa shape index (κ2) is 11.2. The molecule has 0 saturated heterocycles. The van der Waals surface area contributed by atoms with Gasteiger partial charge in [-0.15, -0.1) is 0 Å². The molecule has 10 nitrogen and oxygen atoms in total. The van der Waals surface area contributed by atoms with Crippen molar-refractivity contribution in [2.45, 2.75) is 19.5 Å². The van der Waals surface area contributed by atoms with Crippen molar-refractivity contribution in [1.29, 1.82) is 0 Å². The zero-order chi connectivity index (χ0) is 27.4. The molecule has 0 unspecified atom stereocenters. The van der Waals surface area contributed by atoms with Gasteiger partial charge in [-0.05, 0) is 48.0 Å². The van der Waals surface area contributed by atoms with Crippen molar-refractivity contribution in [2.75, 3.05) is 0 Å². The van der Waals surface area contributed by atoms with Crippen LogP contribution in [-0.4, -0.2) is 36.2 Å². The fourth-order valence-corrected chi connectivity index (χ4v) is 3.66. The van der Waals surface area contributed by atoms with Gasteiger partial charge in [-0.1, -0.05) is 23.7 Å². The Morgan fingerprint density at radius 2 is 1.71 bits per heavy atom. The van der Waals surface area contributed by atoms with Crippen LogP contribution < -0.4 is 21.7 Å². The van der Waals surface area contributed by atoms with E-state index in [0.717, 1.165) is 9.13 Å². The number of hydrogen-bond acceptors (Lipinski definition) is 6. The average molecular weight is 544 g/mol. The van der Waals surface area contributed by atoms with Crippen molar-refractivity contribution < 1.29 is 23.4 Å². The number of hydrogen-bond donors (Lipinski definition) is 1. The molecule has 1 N–H and O–H groups in total. The van der Waals surface area contributed by atoms with Crippen LogP contribution in [0.5, 0.6) is 11.5 Å². The molecule has 0 amide bonds. The summed E-state index contributed by atoms with van der Waals surface area (Å²) in [4.78, 5) is 45.3. The van der Waals surface area contributed by atoms with E-state index in [9.17, 15) is 23.2 Å². The van der Waals surface area contributed by atoms with Crippen molar-refractivity contribution in [2.24, 2.45) is 12.0 Å². The predicted octanol–water partition coefficient (Wildman–Crippen LogP) is 3.43. The van der Waals surface area contributed by atoms with Gasteiger partial charge in [0.25, 0.3) is 6.43 Å². The molecule has 0 spiro atoms. The summed E-state index contributed by atoms with van der Waals surface area (Å²) in [7, 11) is 1.33. The molecule has 0 bridgehead atoms. The van der Waals surface area contributed by atoms with Crippen LogP contribution in [0.1, 0.15) is 15.9 Å². The van der Waals surface area contributed by atoms with Crippen LogP contribution in [0.2, 0.25) is 5.02 Å². The van der Waals surface area contributed by atoms with E-state index < -0.39 is 30.3 Å². The minimum absolute atomic E-state index is 0.0399. The van der Waals surface area contributed by atoms with Crippen LogP contribution in [0, 0.1) is 0 Å². The second-order valence-electron chi connectivity index (χ2n) is 8.06. The number of nitrogens with zero attached hydrogens (tertiary/aromatic N) is 5. The van der Waals surface area contributed by atoms with Gasteiger partial charge in [0.15, 0.2) is 0 Å². The van der Waals surface area contributed by atoms with Gasteiger partial charge in [0.1, 0.15) is 11.5 Å². The number of carboxylic acids is 1. The summed E-state index contributed by atoms with van der Waals surface area (Å²) in [5.41, 5.74) is -1.01. The first-order valence-electron chi connectivity index (χ1n) is 11.1. The Balaban J connectivity index is 1.75. The minimum Gasteiger partial charge on any atom is -0.478 e. The molecule has 0 aliphatic rings. The fourth-order valence-electron chi connectivity index (χ4n) is 3.53. The molecule has 0 fully saturated rings. The molecule has 4 aromatic rings. The first-order valence-corrected chi connectivity index (χ1v) is 11.4. The number of carboxylic acid groups (broad SMARTS) is 1. The molecule has 0 aliphatic heterocycles. The lowest BCUT2D eigenvalue weighted by molar-refractivity contribution is 0.0696. The van der Waals surface area contributed by atoms with Crippen molar-refractivity contribution in [3.63, 3.8) is 0 Å². The van der Waals surface area contributed by atoms with Crippen molar-refractivity contribution >= 4 is 23.3 Å². The zero-order valence-corrected chi connectivity index (χ0v) is 20.5. The van der Waals surface area contributed by atoms with Gasteiger partial charge in [0.2, 0.25) is 5.62 Å². The summed E-state index contributed by atoms with van der Waals surface area (Å²) < 4.78 is 34.5. The number of alkyl halides is 2. The quantitative estimate of drug-likeness (QED) is 0.363. The topological polar surface area (TPSA) is 121 Å². The first kappa shape index (κ1) is 26.5. The number of halogens is 3. The lowest BCUT2D eigenvalue weighted by Gasteiger charge is -2.14. The van der Waals surface area contributed by atoms with E-state index in [2.05, 4.69) is 9.98 Å². The van der Waals surface area contributed by atoms with Gasteiger partial charge in [0.05, 0.1) is 30.5 Å². The highest BCUT2D eigenvalue weighted by molar-refractivity contribution is 6.30. The molecule has 0 aliphatic carbocycles. The van der Waals surface area contributed by atoms with Crippen molar-refractivity contribution in [3.8, 4) is 11.5 Å². The number of rotatable bonds is 8. The molecular weight excluding hydrogens is 524 g/mol. The monoisotopic (exact) mass is 543 g/mol. The smallest absolute Gasteiger partial charge is 0.337 e. The van der Waals surface area contributed by atoms with E-state index in [4.69, 9.17) is 21.4 Å². The standard InChI is InChI=1S/C25H20ClF2N5O5/c1-31-23(30-18-6-8-19(9-7-18)38-20-10-16(22(34)35)11-29-12-20)32(13-15-2-4-17(26)5-3-15)25(37)33(24(31)36)14-21(27)28/h2-12,21H,13-14H2,1H3,(H,34,35)/b30-23+. The summed E-state index contributed by atoms with van der Waals surface area (Å²) in [5, 5.41) is 9.58. The second-order valence-corrected chi connectivity index (χ2v) is 8.50. The number of aromatic nitrogens is 4. The Morgan fingerprint density at radius 1 is 1.03 bits per heavy atom. The third-order valence-corrected chi connectivity index (χ3v) is 5.61. The number of carbonyl (C=O) groups is 1. The molecule has 2 aromatic heterocycles. The van der Waals surface area contributed by atoms with Gasteiger partial charge >= 0.3 is 17.3 Å². The molecule has 4 rings (SSSR count). The summed E-state index contributed by atoms with van der Waals surface area (Å²) in [6.07, 6.45) is -0.365. The molecule has 13 heteroatoms. The summed E-state index contributed by atoms with van der Waals surface area (Å²) >= 11 is 5.94. The molecule has 0 radical (unpaired) electrons. The molecular formula is C25H20ClF2N5O5. The number of pyridine rings is 1. The third kappa shape index (κ3) is 6.03. The Labute approximate surface area is 218 Å². The van der Waals surface area contributed by atoms with Gasteiger partial charge < -0.3 is 9.84 Å². The molecule has 0 saturated carbocycles. The molecule has 2 heterocycles. The van der Waals surface area contributed by atoms with Gasteiger partial charge in [0, 0.05) is 18.3 Å². The van der Waals surface area contributed by atoms with E-state index in [1.807, 2.05) is 0 Å². The van der Waals surface area contributed by atoms with Crippen molar-refractivity contribution in [1.82, 2.24) is 18.7 Å².